The Labute approximate surface area is 160 Å². The Morgan fingerprint density at radius 3 is 2.44 bits per heavy atom. The van der Waals surface area contributed by atoms with Gasteiger partial charge in [0, 0.05) is 37.7 Å². The van der Waals surface area contributed by atoms with Crippen molar-refractivity contribution in [2.45, 2.75) is 46.6 Å². The highest BCUT2D eigenvalue weighted by Crippen LogP contribution is 2.27. The first-order valence-corrected chi connectivity index (χ1v) is 9.18. The molecule has 2 amide bonds. The van der Waals surface area contributed by atoms with Crippen molar-refractivity contribution in [3.8, 4) is 0 Å². The van der Waals surface area contributed by atoms with Crippen LogP contribution in [0.5, 0.6) is 0 Å². The number of amides is 2. The van der Waals surface area contributed by atoms with Gasteiger partial charge in [-0.2, -0.15) is 0 Å². The fourth-order valence-corrected chi connectivity index (χ4v) is 2.96. The Hall–Kier alpha value is -2.69. The first-order valence-electron chi connectivity index (χ1n) is 9.18. The molecule has 0 aliphatic heterocycles. The topological polar surface area (TPSA) is 49.4 Å². The Kier molecular flexibility index (Phi) is 7.11. The third-order valence-electron chi connectivity index (χ3n) is 4.56. The summed E-state index contributed by atoms with van der Waals surface area (Å²) in [5, 5.41) is 2.98. The third kappa shape index (κ3) is 5.64. The highest BCUT2D eigenvalue weighted by Gasteiger charge is 2.16. The third-order valence-corrected chi connectivity index (χ3v) is 4.56. The lowest BCUT2D eigenvalue weighted by Gasteiger charge is -2.22. The summed E-state index contributed by atoms with van der Waals surface area (Å²) in [5.41, 5.74) is 3.36. The van der Waals surface area contributed by atoms with Crippen molar-refractivity contribution in [2.24, 2.45) is 0 Å². The van der Waals surface area contributed by atoms with Gasteiger partial charge in [-0.15, -0.1) is 0 Å². The number of hydrogen-bond donors (Lipinski definition) is 1. The molecule has 0 spiro atoms. The van der Waals surface area contributed by atoms with Crippen LogP contribution < -0.4 is 5.32 Å². The maximum Gasteiger partial charge on any atom is 0.226 e. The molecule has 0 unspecified atom stereocenters. The predicted molar refractivity (Wildman–Crippen MR) is 106 cm³/mol. The molecule has 0 radical (unpaired) electrons. The fraction of sp³-hybridized carbons (Fsp3) is 0.364. The van der Waals surface area contributed by atoms with E-state index in [1.165, 1.54) is 17.9 Å². The summed E-state index contributed by atoms with van der Waals surface area (Å²) in [4.78, 5) is 25.8. The lowest BCUT2D eigenvalue weighted by atomic mass is 9.98. The highest BCUT2D eigenvalue weighted by molar-refractivity contribution is 5.92. The molecule has 1 N–H and O–H groups in total. The van der Waals surface area contributed by atoms with Gasteiger partial charge in [-0.1, -0.05) is 50.2 Å². The van der Waals surface area contributed by atoms with Gasteiger partial charge in [-0.05, 0) is 30.0 Å². The number of anilines is 1. The number of para-hydroxylation sites is 1. The van der Waals surface area contributed by atoms with E-state index in [0.29, 0.717) is 5.56 Å². The summed E-state index contributed by atoms with van der Waals surface area (Å²) in [5.74, 6) is -0.416. The van der Waals surface area contributed by atoms with Crippen molar-refractivity contribution < 1.29 is 14.0 Å². The zero-order valence-corrected chi connectivity index (χ0v) is 16.4. The lowest BCUT2D eigenvalue weighted by molar-refractivity contribution is -0.130. The van der Waals surface area contributed by atoms with E-state index >= 15 is 0 Å². The molecule has 0 saturated heterocycles. The molecule has 0 atom stereocenters. The number of carbonyl (C=O) groups excluding carboxylic acids is 2. The predicted octanol–water partition coefficient (Wildman–Crippen LogP) is 4.63. The molecule has 0 aromatic heterocycles. The molecule has 0 heterocycles. The van der Waals surface area contributed by atoms with Crippen LogP contribution in [0.25, 0.3) is 0 Å². The summed E-state index contributed by atoms with van der Waals surface area (Å²) in [6.07, 6.45) is 0.153. The summed E-state index contributed by atoms with van der Waals surface area (Å²) in [6.45, 7) is 7.93. The van der Waals surface area contributed by atoms with Crippen LogP contribution in [0.3, 0.4) is 0 Å². The molecule has 0 aliphatic rings. The van der Waals surface area contributed by atoms with Crippen molar-refractivity contribution in [2.75, 3.05) is 11.9 Å². The molecular weight excluding hydrogens is 343 g/mol. The van der Waals surface area contributed by atoms with Crippen LogP contribution in [0, 0.1) is 12.7 Å². The lowest BCUT2D eigenvalue weighted by Crippen LogP contribution is -2.32. The van der Waals surface area contributed by atoms with E-state index in [1.807, 2.05) is 25.1 Å². The molecule has 5 heteroatoms. The van der Waals surface area contributed by atoms with Crippen molar-refractivity contribution in [3.05, 3.63) is 65.0 Å². The van der Waals surface area contributed by atoms with Gasteiger partial charge in [-0.3, -0.25) is 9.59 Å². The van der Waals surface area contributed by atoms with Gasteiger partial charge in [-0.25, -0.2) is 4.39 Å². The van der Waals surface area contributed by atoms with Gasteiger partial charge in [0.1, 0.15) is 5.82 Å². The SMILES string of the molecule is CC(=O)N(CCC(=O)Nc1c(C)cccc1C(C)C)Cc1ccccc1F. The number of rotatable bonds is 7. The van der Waals surface area contributed by atoms with Crippen LogP contribution in [0.15, 0.2) is 42.5 Å². The molecule has 0 fully saturated rings. The van der Waals surface area contributed by atoms with Crippen molar-refractivity contribution in [1.29, 1.82) is 0 Å². The highest BCUT2D eigenvalue weighted by atomic mass is 19.1. The molecule has 0 saturated carbocycles. The number of hydrogen-bond acceptors (Lipinski definition) is 2. The van der Waals surface area contributed by atoms with E-state index in [9.17, 15) is 14.0 Å². The maximum atomic E-state index is 13.8. The monoisotopic (exact) mass is 370 g/mol. The van der Waals surface area contributed by atoms with E-state index < -0.39 is 0 Å². The van der Waals surface area contributed by atoms with Crippen LogP contribution in [-0.2, 0) is 16.1 Å². The summed E-state index contributed by atoms with van der Waals surface area (Å²) in [7, 11) is 0. The fourth-order valence-electron chi connectivity index (χ4n) is 2.96. The Bertz CT molecular complexity index is 818. The summed E-state index contributed by atoms with van der Waals surface area (Å²) < 4.78 is 13.8. The van der Waals surface area contributed by atoms with Gasteiger partial charge in [0.05, 0.1) is 0 Å². The van der Waals surface area contributed by atoms with Crippen LogP contribution in [0.4, 0.5) is 10.1 Å². The van der Waals surface area contributed by atoms with Crippen LogP contribution >= 0.6 is 0 Å². The smallest absolute Gasteiger partial charge is 0.226 e. The Balaban J connectivity index is 2.03. The van der Waals surface area contributed by atoms with Crippen molar-refractivity contribution >= 4 is 17.5 Å². The number of nitrogens with one attached hydrogen (secondary N) is 1. The number of carbonyl (C=O) groups is 2. The minimum atomic E-state index is -0.352. The zero-order valence-electron chi connectivity index (χ0n) is 16.4. The molecular formula is C22H27FN2O2. The Morgan fingerprint density at radius 1 is 1.11 bits per heavy atom. The van der Waals surface area contributed by atoms with Gasteiger partial charge < -0.3 is 10.2 Å². The average molecular weight is 370 g/mol. The van der Waals surface area contributed by atoms with Crippen LogP contribution in [-0.4, -0.2) is 23.3 Å². The number of halogens is 1. The van der Waals surface area contributed by atoms with Gasteiger partial charge in [0.2, 0.25) is 11.8 Å². The quantitative estimate of drug-likeness (QED) is 0.772. The first kappa shape index (κ1) is 20.6. The van der Waals surface area contributed by atoms with E-state index in [-0.39, 0.29) is 43.1 Å². The van der Waals surface area contributed by atoms with Crippen LogP contribution in [0.2, 0.25) is 0 Å². The molecule has 144 valence electrons. The van der Waals surface area contributed by atoms with Gasteiger partial charge >= 0.3 is 0 Å². The second-order valence-electron chi connectivity index (χ2n) is 7.02. The average Bonchev–Trinajstić information content (AvgIpc) is 2.61. The zero-order chi connectivity index (χ0) is 20.0. The van der Waals surface area contributed by atoms with E-state index in [2.05, 4.69) is 19.2 Å². The number of nitrogens with zero attached hydrogens (tertiary/aromatic N) is 1. The second kappa shape index (κ2) is 9.31. The standard InChI is InChI=1S/C22H27FN2O2/c1-15(2)19-10-7-8-16(3)22(19)24-21(27)12-13-25(17(4)26)14-18-9-5-6-11-20(18)23/h5-11,15H,12-14H2,1-4H3,(H,24,27). The van der Waals surface area contributed by atoms with Crippen molar-refractivity contribution in [3.63, 3.8) is 0 Å². The molecule has 0 bridgehead atoms. The van der Waals surface area contributed by atoms with Crippen LogP contribution in [0.1, 0.15) is 49.8 Å². The van der Waals surface area contributed by atoms with Gasteiger partial charge in [0.15, 0.2) is 0 Å². The summed E-state index contributed by atoms with van der Waals surface area (Å²) in [6, 6.07) is 12.3. The molecule has 2 rings (SSSR count). The normalized spacial score (nSPS) is 10.7. The minimum Gasteiger partial charge on any atom is -0.338 e. The molecule has 4 nitrogen and oxygen atoms in total. The van der Waals surface area contributed by atoms with E-state index in [0.717, 1.165) is 16.8 Å². The molecule has 2 aromatic rings. The number of aryl methyl sites for hydroxylation is 1. The molecule has 2 aromatic carbocycles. The van der Waals surface area contributed by atoms with Crippen molar-refractivity contribution in [1.82, 2.24) is 4.90 Å². The van der Waals surface area contributed by atoms with E-state index in [4.69, 9.17) is 0 Å². The molecule has 0 aliphatic carbocycles. The maximum absolute atomic E-state index is 13.8. The second-order valence-corrected chi connectivity index (χ2v) is 7.02. The number of benzene rings is 2. The Morgan fingerprint density at radius 2 is 1.81 bits per heavy atom. The minimum absolute atomic E-state index is 0.150. The summed E-state index contributed by atoms with van der Waals surface area (Å²) >= 11 is 0. The first-order chi connectivity index (χ1) is 12.8. The molecule has 27 heavy (non-hydrogen) atoms. The van der Waals surface area contributed by atoms with E-state index in [1.54, 1.807) is 18.2 Å². The van der Waals surface area contributed by atoms with Gasteiger partial charge in [0.25, 0.3) is 0 Å². The largest absolute Gasteiger partial charge is 0.338 e.